The van der Waals surface area contributed by atoms with Crippen LogP contribution >= 0.6 is 23.1 Å². The minimum atomic E-state index is -0.434. The van der Waals surface area contributed by atoms with Crippen molar-refractivity contribution < 1.29 is 19.2 Å². The molecule has 0 unspecified atom stereocenters. The Hall–Kier alpha value is -2.85. The second-order valence-electron chi connectivity index (χ2n) is 5.92. The van der Waals surface area contributed by atoms with E-state index in [4.69, 9.17) is 9.47 Å². The Bertz CT molecular complexity index is 1140. The number of aryl methyl sites for hydroxylation is 1. The minimum Gasteiger partial charge on any atom is -0.493 e. The van der Waals surface area contributed by atoms with Crippen molar-refractivity contribution in [1.29, 1.82) is 0 Å². The van der Waals surface area contributed by atoms with Gasteiger partial charge in [-0.25, -0.2) is 0 Å². The summed E-state index contributed by atoms with van der Waals surface area (Å²) in [5.74, 6) is 1.36. The summed E-state index contributed by atoms with van der Waals surface area (Å²) in [4.78, 5) is 28.2. The second kappa shape index (κ2) is 9.10. The molecule has 2 aromatic carbocycles. The van der Waals surface area contributed by atoms with Crippen LogP contribution < -0.4 is 14.3 Å². The zero-order chi connectivity index (χ0) is 21.0. The Kier molecular flexibility index (Phi) is 6.55. The van der Waals surface area contributed by atoms with E-state index in [1.54, 1.807) is 36.0 Å². The Morgan fingerprint density at radius 1 is 1.21 bits per heavy atom. The van der Waals surface area contributed by atoms with Crippen LogP contribution in [0.3, 0.4) is 0 Å². The SMILES string of the molecule is COc1ccc(C(=O)N=c2sc3cc([N+](=O)[O-])ccc3n2CCSC)cc1OC. The molecule has 1 amide bonds. The van der Waals surface area contributed by atoms with E-state index in [-0.39, 0.29) is 5.69 Å². The van der Waals surface area contributed by atoms with Crippen molar-refractivity contribution in [3.63, 3.8) is 0 Å². The predicted octanol–water partition coefficient (Wildman–Crippen LogP) is 3.73. The van der Waals surface area contributed by atoms with Crippen LogP contribution in [-0.4, -0.2) is 41.6 Å². The molecule has 3 aromatic rings. The van der Waals surface area contributed by atoms with Gasteiger partial charge in [0.15, 0.2) is 16.3 Å². The summed E-state index contributed by atoms with van der Waals surface area (Å²) < 4.78 is 13.1. The monoisotopic (exact) mass is 433 g/mol. The second-order valence-corrected chi connectivity index (χ2v) is 7.92. The van der Waals surface area contributed by atoms with Crippen LogP contribution in [0.5, 0.6) is 11.5 Å². The third-order valence-corrected chi connectivity index (χ3v) is 5.86. The van der Waals surface area contributed by atoms with Gasteiger partial charge in [0.05, 0.1) is 29.4 Å². The zero-order valence-electron chi connectivity index (χ0n) is 16.1. The highest BCUT2D eigenvalue weighted by molar-refractivity contribution is 7.98. The molecule has 152 valence electrons. The van der Waals surface area contributed by atoms with E-state index in [9.17, 15) is 14.9 Å². The maximum Gasteiger partial charge on any atom is 0.279 e. The fraction of sp³-hybridized carbons (Fsp3) is 0.263. The van der Waals surface area contributed by atoms with Gasteiger partial charge in [0.2, 0.25) is 0 Å². The first kappa shape index (κ1) is 20.9. The topological polar surface area (TPSA) is 96.0 Å². The highest BCUT2D eigenvalue weighted by atomic mass is 32.2. The molecule has 1 heterocycles. The van der Waals surface area contributed by atoms with Gasteiger partial charge in [-0.3, -0.25) is 14.9 Å². The molecule has 1 aromatic heterocycles. The molecule has 0 bridgehead atoms. The Morgan fingerprint density at radius 3 is 2.62 bits per heavy atom. The molecule has 3 rings (SSSR count). The van der Waals surface area contributed by atoms with Crippen molar-refractivity contribution in [3.8, 4) is 11.5 Å². The first-order valence-corrected chi connectivity index (χ1v) is 10.8. The third kappa shape index (κ3) is 4.43. The number of carbonyl (C=O) groups excluding carboxylic acids is 1. The highest BCUT2D eigenvalue weighted by Gasteiger charge is 2.14. The molecule has 0 atom stereocenters. The summed E-state index contributed by atoms with van der Waals surface area (Å²) in [6, 6.07) is 9.52. The molecule has 0 radical (unpaired) electrons. The standard InChI is InChI=1S/C19H19N3O5S2/c1-26-15-7-4-12(10-16(15)27-2)18(23)20-19-21(8-9-28-3)14-6-5-13(22(24)25)11-17(14)29-19/h4-7,10-11H,8-9H2,1-3H3. The Balaban J connectivity index is 2.10. The molecule has 10 heteroatoms. The lowest BCUT2D eigenvalue weighted by Crippen LogP contribution is -2.18. The van der Waals surface area contributed by atoms with Gasteiger partial charge in [-0.2, -0.15) is 16.8 Å². The van der Waals surface area contributed by atoms with E-state index >= 15 is 0 Å². The fourth-order valence-corrected chi connectivity index (χ4v) is 4.23. The minimum absolute atomic E-state index is 0.00790. The lowest BCUT2D eigenvalue weighted by Gasteiger charge is -2.08. The molecule has 29 heavy (non-hydrogen) atoms. The number of ether oxygens (including phenoxy) is 2. The molecular formula is C19H19N3O5S2. The molecular weight excluding hydrogens is 414 g/mol. The van der Waals surface area contributed by atoms with Crippen molar-refractivity contribution in [1.82, 2.24) is 4.57 Å². The van der Waals surface area contributed by atoms with Gasteiger partial charge in [-0.1, -0.05) is 11.3 Å². The van der Waals surface area contributed by atoms with Crippen LogP contribution in [0, 0.1) is 10.1 Å². The van der Waals surface area contributed by atoms with Crippen LogP contribution in [0.4, 0.5) is 5.69 Å². The normalized spacial score (nSPS) is 11.6. The number of nitro benzene ring substituents is 1. The van der Waals surface area contributed by atoms with Gasteiger partial charge >= 0.3 is 0 Å². The molecule has 0 aliphatic rings. The van der Waals surface area contributed by atoms with E-state index in [2.05, 4.69) is 4.99 Å². The number of methoxy groups -OCH3 is 2. The number of non-ortho nitro benzene ring substituents is 1. The first-order valence-electron chi connectivity index (χ1n) is 8.56. The molecule has 0 fully saturated rings. The number of carbonyl (C=O) groups is 1. The summed E-state index contributed by atoms with van der Waals surface area (Å²) in [5.41, 5.74) is 1.18. The van der Waals surface area contributed by atoms with Crippen molar-refractivity contribution in [3.05, 3.63) is 56.9 Å². The number of amides is 1. The zero-order valence-corrected chi connectivity index (χ0v) is 17.7. The molecule has 0 aliphatic heterocycles. The number of hydrogen-bond donors (Lipinski definition) is 0. The van der Waals surface area contributed by atoms with E-state index < -0.39 is 10.8 Å². The number of fused-ring (bicyclic) bond motifs is 1. The maximum atomic E-state index is 12.8. The van der Waals surface area contributed by atoms with Gasteiger partial charge in [-0.15, -0.1) is 0 Å². The largest absolute Gasteiger partial charge is 0.493 e. The van der Waals surface area contributed by atoms with E-state index in [1.165, 1.54) is 37.7 Å². The van der Waals surface area contributed by atoms with Gasteiger partial charge in [0.1, 0.15) is 0 Å². The van der Waals surface area contributed by atoms with Crippen LogP contribution in [-0.2, 0) is 6.54 Å². The number of nitrogens with zero attached hydrogens (tertiary/aromatic N) is 3. The summed E-state index contributed by atoms with van der Waals surface area (Å²) in [7, 11) is 3.02. The lowest BCUT2D eigenvalue weighted by atomic mass is 10.2. The van der Waals surface area contributed by atoms with Crippen molar-refractivity contribution >= 4 is 44.9 Å². The van der Waals surface area contributed by atoms with Crippen LogP contribution in [0.15, 0.2) is 41.4 Å². The lowest BCUT2D eigenvalue weighted by molar-refractivity contribution is -0.384. The number of rotatable bonds is 7. The van der Waals surface area contributed by atoms with E-state index in [1.807, 2.05) is 10.8 Å². The smallest absolute Gasteiger partial charge is 0.279 e. The predicted molar refractivity (Wildman–Crippen MR) is 114 cm³/mol. The number of thioether (sulfide) groups is 1. The number of nitro groups is 1. The molecule has 0 spiro atoms. The van der Waals surface area contributed by atoms with Gasteiger partial charge in [-0.05, 0) is 30.5 Å². The highest BCUT2D eigenvalue weighted by Crippen LogP contribution is 2.28. The number of hydrogen-bond acceptors (Lipinski definition) is 7. The first-order chi connectivity index (χ1) is 14.0. The van der Waals surface area contributed by atoms with Gasteiger partial charge in [0.25, 0.3) is 11.6 Å². The summed E-state index contributed by atoms with van der Waals surface area (Å²) in [5, 5.41) is 11.1. The summed E-state index contributed by atoms with van der Waals surface area (Å²) in [6.45, 7) is 0.636. The average molecular weight is 434 g/mol. The van der Waals surface area contributed by atoms with Gasteiger partial charge < -0.3 is 14.0 Å². The Morgan fingerprint density at radius 2 is 1.97 bits per heavy atom. The molecule has 0 saturated heterocycles. The van der Waals surface area contributed by atoms with Crippen molar-refractivity contribution in [2.45, 2.75) is 6.54 Å². The molecule has 8 nitrogen and oxygen atoms in total. The number of benzene rings is 2. The van der Waals surface area contributed by atoms with Gasteiger partial charge in [0, 0.05) is 30.0 Å². The number of aromatic nitrogens is 1. The molecule has 0 saturated carbocycles. The van der Waals surface area contributed by atoms with Crippen molar-refractivity contribution in [2.75, 3.05) is 26.2 Å². The molecule has 0 N–H and O–H groups in total. The maximum absolute atomic E-state index is 12.8. The van der Waals surface area contributed by atoms with Crippen LogP contribution in [0.25, 0.3) is 10.2 Å². The summed E-state index contributed by atoms with van der Waals surface area (Å²) in [6.07, 6.45) is 1.99. The van der Waals surface area contributed by atoms with E-state index in [0.717, 1.165) is 11.3 Å². The third-order valence-electron chi connectivity index (χ3n) is 4.22. The summed E-state index contributed by atoms with van der Waals surface area (Å²) >= 11 is 2.92. The fourth-order valence-electron chi connectivity index (χ4n) is 2.78. The quantitative estimate of drug-likeness (QED) is 0.416. The average Bonchev–Trinajstić information content (AvgIpc) is 3.07. The van der Waals surface area contributed by atoms with Crippen molar-refractivity contribution in [2.24, 2.45) is 4.99 Å². The van der Waals surface area contributed by atoms with Crippen LogP contribution in [0.2, 0.25) is 0 Å². The Labute approximate surface area is 174 Å². The number of thiazole rings is 1. The molecule has 0 aliphatic carbocycles. The van der Waals surface area contributed by atoms with E-state index in [0.29, 0.717) is 33.1 Å². The van der Waals surface area contributed by atoms with Crippen LogP contribution in [0.1, 0.15) is 10.4 Å².